The summed E-state index contributed by atoms with van der Waals surface area (Å²) >= 11 is 0. The molecule has 3 aromatic heterocycles. The molecular weight excluding hydrogens is 703 g/mol. The van der Waals surface area contributed by atoms with E-state index in [9.17, 15) is 0 Å². The lowest BCUT2D eigenvalue weighted by Crippen LogP contribution is -2.25. The van der Waals surface area contributed by atoms with Crippen LogP contribution >= 0.6 is 0 Å². The minimum Gasteiger partial charge on any atom is -0.360 e. The van der Waals surface area contributed by atoms with Crippen LogP contribution in [0.4, 0.5) is 0 Å². The molecule has 9 nitrogen and oxygen atoms in total. The Morgan fingerprint density at radius 3 is 0.561 bits per heavy atom. The van der Waals surface area contributed by atoms with E-state index in [0.717, 1.165) is 117 Å². The zero-order chi connectivity index (χ0) is 39.7. The number of H-pyrrole nitrogens is 3. The van der Waals surface area contributed by atoms with Gasteiger partial charge in [0.25, 0.3) is 0 Å². The maximum atomic E-state index is 3.89. The Labute approximate surface area is 341 Å². The van der Waals surface area contributed by atoms with Gasteiger partial charge in [0, 0.05) is 113 Å². The van der Waals surface area contributed by atoms with Crippen molar-refractivity contribution in [3.8, 4) is 0 Å². The summed E-state index contributed by atoms with van der Waals surface area (Å²) in [6, 6.07) is 13.6. The highest BCUT2D eigenvalue weighted by molar-refractivity contribution is 5.54. The van der Waals surface area contributed by atoms with Crippen molar-refractivity contribution >= 4 is 0 Å². The number of aromatic amines is 3. The molecule has 8 rings (SSSR count). The molecular formula is C48H69N9. The minimum atomic E-state index is 0.804. The molecule has 9 heteroatoms. The molecule has 0 atom stereocenters. The number of fused-ring (bicyclic) bond motifs is 12. The number of rotatable bonds is 6. The fourth-order valence-electron chi connectivity index (χ4n) is 10.1. The van der Waals surface area contributed by atoms with E-state index >= 15 is 0 Å². The van der Waals surface area contributed by atoms with E-state index in [-0.39, 0.29) is 0 Å². The Morgan fingerprint density at radius 2 is 0.421 bits per heavy atom. The third kappa shape index (κ3) is 9.20. The molecule has 0 amide bonds. The van der Waals surface area contributed by atoms with Crippen LogP contribution in [-0.4, -0.2) is 15.0 Å². The maximum absolute atomic E-state index is 3.89. The van der Waals surface area contributed by atoms with Gasteiger partial charge in [-0.25, -0.2) is 0 Å². The molecule has 57 heavy (non-hydrogen) atoms. The van der Waals surface area contributed by atoms with Crippen molar-refractivity contribution in [2.75, 3.05) is 0 Å². The van der Waals surface area contributed by atoms with Crippen molar-refractivity contribution in [2.45, 2.75) is 159 Å². The quantitative estimate of drug-likeness (QED) is 0.0888. The molecule has 0 unspecified atom stereocenters. The molecule has 5 aromatic rings. The lowest BCUT2D eigenvalue weighted by atomic mass is 9.83. The highest BCUT2D eigenvalue weighted by Crippen LogP contribution is 2.33. The Morgan fingerprint density at radius 1 is 0.263 bits per heavy atom. The number of hydrogen-bond donors (Lipinski definition) is 9. The zero-order valence-corrected chi connectivity index (χ0v) is 35.7. The van der Waals surface area contributed by atoms with Gasteiger partial charge in [-0.2, -0.15) is 0 Å². The van der Waals surface area contributed by atoms with E-state index in [0.29, 0.717) is 0 Å². The summed E-state index contributed by atoms with van der Waals surface area (Å²) in [6.45, 7) is 24.0. The summed E-state index contributed by atoms with van der Waals surface area (Å²) in [5.74, 6) is 0. The smallest absolute Gasteiger partial charge is 0.0360 e. The van der Waals surface area contributed by atoms with Gasteiger partial charge >= 0.3 is 0 Å². The third-order valence-electron chi connectivity index (χ3n) is 12.6. The van der Waals surface area contributed by atoms with E-state index in [4.69, 9.17) is 0 Å². The van der Waals surface area contributed by atoms with Gasteiger partial charge in [-0.1, -0.05) is 41.5 Å². The Hall–Kier alpha value is -3.96. The van der Waals surface area contributed by atoms with Crippen molar-refractivity contribution < 1.29 is 0 Å². The Kier molecular flexibility index (Phi) is 14.2. The van der Waals surface area contributed by atoms with Crippen molar-refractivity contribution in [2.24, 2.45) is 0 Å². The summed E-state index contributed by atoms with van der Waals surface area (Å²) in [4.78, 5) is 11.2. The second kappa shape index (κ2) is 19.7. The number of hydrogen-bond acceptors (Lipinski definition) is 6. The highest BCUT2D eigenvalue weighted by atomic mass is 15.0. The first kappa shape index (κ1) is 41.2. The maximum Gasteiger partial charge on any atom is 0.0360 e. The Balaban J connectivity index is 1.35. The molecule has 12 bridgehead atoms. The van der Waals surface area contributed by atoms with Crippen LogP contribution in [0, 0.1) is 0 Å². The highest BCUT2D eigenvalue weighted by Gasteiger charge is 2.23. The number of nitrogens with one attached hydrogen (secondary N) is 9. The fourth-order valence-corrected chi connectivity index (χ4v) is 10.1. The predicted molar refractivity (Wildman–Crippen MR) is 235 cm³/mol. The van der Waals surface area contributed by atoms with Gasteiger partial charge in [-0.15, -0.1) is 0 Å². The first-order valence-electron chi connectivity index (χ1n) is 22.1. The van der Waals surface area contributed by atoms with E-state index in [1.54, 1.807) is 0 Å². The van der Waals surface area contributed by atoms with Crippen LogP contribution in [0.5, 0.6) is 0 Å². The molecule has 0 spiro atoms. The number of benzene rings is 2. The molecule has 0 saturated carbocycles. The van der Waals surface area contributed by atoms with Gasteiger partial charge < -0.3 is 46.9 Å². The average Bonchev–Trinajstić information content (AvgIpc) is 3.99. The van der Waals surface area contributed by atoms with Gasteiger partial charge in [0.1, 0.15) is 0 Å². The van der Waals surface area contributed by atoms with E-state index in [2.05, 4.69) is 125 Å². The van der Waals surface area contributed by atoms with Crippen LogP contribution in [-0.2, 0) is 117 Å². The summed E-state index contributed by atoms with van der Waals surface area (Å²) in [5, 5.41) is 23.3. The molecule has 2 aromatic carbocycles. The van der Waals surface area contributed by atoms with Crippen LogP contribution in [0.1, 0.15) is 142 Å². The topological polar surface area (TPSA) is 120 Å². The van der Waals surface area contributed by atoms with Crippen LogP contribution in [0.3, 0.4) is 0 Å². The second-order valence-corrected chi connectivity index (χ2v) is 16.0. The van der Waals surface area contributed by atoms with E-state index in [1.807, 2.05) is 0 Å². The van der Waals surface area contributed by atoms with Crippen molar-refractivity contribution in [1.29, 1.82) is 0 Å². The Bertz CT molecular complexity index is 1680. The van der Waals surface area contributed by atoms with Crippen LogP contribution < -0.4 is 31.9 Å². The molecule has 3 aliphatic heterocycles. The van der Waals surface area contributed by atoms with Gasteiger partial charge in [0.15, 0.2) is 0 Å². The first-order valence-corrected chi connectivity index (χ1v) is 22.1. The summed E-state index contributed by atoms with van der Waals surface area (Å²) in [5.41, 5.74) is 25.3. The normalized spacial score (nSPS) is 16.1. The van der Waals surface area contributed by atoms with Crippen molar-refractivity contribution in [1.82, 2.24) is 46.9 Å². The number of aromatic nitrogens is 3. The van der Waals surface area contributed by atoms with Crippen LogP contribution in [0.25, 0.3) is 0 Å². The molecule has 9 N–H and O–H groups in total. The van der Waals surface area contributed by atoms with Gasteiger partial charge in [-0.3, -0.25) is 0 Å². The van der Waals surface area contributed by atoms with Gasteiger partial charge in [0.05, 0.1) is 0 Å². The minimum absolute atomic E-state index is 0.804. The predicted octanol–water partition coefficient (Wildman–Crippen LogP) is 7.41. The van der Waals surface area contributed by atoms with Gasteiger partial charge in [-0.05, 0) is 142 Å². The molecule has 3 aliphatic rings. The lowest BCUT2D eigenvalue weighted by Gasteiger charge is -2.27. The molecule has 0 fully saturated rings. The van der Waals surface area contributed by atoms with Crippen molar-refractivity contribution in [3.63, 3.8) is 0 Å². The molecule has 0 radical (unpaired) electrons. The van der Waals surface area contributed by atoms with E-state index in [1.165, 1.54) is 101 Å². The molecule has 6 heterocycles. The summed E-state index contributed by atoms with van der Waals surface area (Å²) in [7, 11) is 0. The summed E-state index contributed by atoms with van der Waals surface area (Å²) < 4.78 is 0. The molecule has 306 valence electrons. The molecule has 0 saturated heterocycles. The average molecular weight is 772 g/mol. The largest absolute Gasteiger partial charge is 0.360 e. The lowest BCUT2D eigenvalue weighted by molar-refractivity contribution is 0.624. The fraction of sp³-hybridized carbons (Fsp3) is 0.500. The van der Waals surface area contributed by atoms with Crippen LogP contribution in [0.15, 0.2) is 36.4 Å². The van der Waals surface area contributed by atoms with Gasteiger partial charge in [0.2, 0.25) is 0 Å². The summed E-state index contributed by atoms with van der Waals surface area (Å²) in [6.07, 6.45) is 6.09. The van der Waals surface area contributed by atoms with Crippen molar-refractivity contribution in [3.05, 3.63) is 137 Å². The molecule has 0 aliphatic carbocycles. The van der Waals surface area contributed by atoms with Crippen LogP contribution in [0.2, 0.25) is 0 Å². The third-order valence-corrected chi connectivity index (χ3v) is 12.6. The first-order chi connectivity index (χ1) is 28.0. The van der Waals surface area contributed by atoms with E-state index < -0.39 is 0 Å². The standard InChI is InChI=1S/C48H69N9/c1-7-37-43-25-49-19-31-13-15-34(55-31)22-52-28-46-40(10-4)47-29-53-23-35-16-14-32(56-35)20-50-26-44(37)39(9-3)45(38(43)8-2)27-51-21-33-17-18-36(57-33)24-54-30-48(41(46)11-5)42(47)12-6/h13-18,49-57H,7-12,19-30H2,1-6H3. The SMILES string of the molecule is CCc1c2c(CC)c3c(CC)c1CNCc1ccc([nH]1)CNCc1c(CC)c(c(CC)c(c1CC)CNCc1ccc([nH]1)CNC3)CNCc1ccc([nH]1)CNC2. The zero-order valence-electron chi connectivity index (χ0n) is 35.7. The second-order valence-electron chi connectivity index (χ2n) is 16.0. The monoisotopic (exact) mass is 772 g/mol.